The molecule has 4 nitrogen and oxygen atoms in total. The average Bonchev–Trinajstić information content (AvgIpc) is 1.84. The van der Waals surface area contributed by atoms with Gasteiger partial charge in [-0.2, -0.15) is 0 Å². The fraction of sp³-hybridized carbons (Fsp3) is 0.500. The fourth-order valence-electron chi connectivity index (χ4n) is 0.197. The lowest BCUT2D eigenvalue weighted by Crippen LogP contribution is -2.24. The van der Waals surface area contributed by atoms with Gasteiger partial charge >= 0.3 is 5.97 Å². The van der Waals surface area contributed by atoms with E-state index in [9.17, 15) is 9.59 Å². The van der Waals surface area contributed by atoms with Gasteiger partial charge in [0.15, 0.2) is 0 Å². The largest absolute Gasteiger partial charge is 0.463 e. The normalized spacial score (nSPS) is 8.25. The predicted molar refractivity (Wildman–Crippen MR) is 26.1 cm³/mol. The van der Waals surface area contributed by atoms with Crippen molar-refractivity contribution in [3.63, 3.8) is 0 Å². The molecule has 0 amide bonds. The quantitative estimate of drug-likeness (QED) is 0.360. The van der Waals surface area contributed by atoms with E-state index in [1.807, 2.05) is 0 Å². The Hall–Kier alpha value is -0.900. The molecular formula is C4H7NO3. The summed E-state index contributed by atoms with van der Waals surface area (Å²) in [6.45, 7) is -0.285. The lowest BCUT2D eigenvalue weighted by atomic mass is 10.4. The Morgan fingerprint density at radius 1 is 1.62 bits per heavy atom. The number of hydrogen-bond acceptors (Lipinski definition) is 4. The van der Waals surface area contributed by atoms with Gasteiger partial charge in [-0.05, 0) is 0 Å². The second-order valence-corrected chi connectivity index (χ2v) is 1.12. The first kappa shape index (κ1) is 7.10. The second kappa shape index (κ2) is 3.15. The molecule has 2 N–H and O–H groups in total. The van der Waals surface area contributed by atoms with E-state index in [-0.39, 0.29) is 6.54 Å². The van der Waals surface area contributed by atoms with Gasteiger partial charge in [0.1, 0.15) is 0 Å². The molecular weight excluding hydrogens is 110 g/mol. The zero-order valence-corrected chi connectivity index (χ0v) is 4.51. The van der Waals surface area contributed by atoms with Crippen molar-refractivity contribution in [3.05, 3.63) is 0 Å². The van der Waals surface area contributed by atoms with Crippen LogP contribution in [0, 0.1) is 0 Å². The number of ketones is 1. The highest BCUT2D eigenvalue weighted by Crippen LogP contribution is 1.72. The topological polar surface area (TPSA) is 69.4 Å². The van der Waals surface area contributed by atoms with Gasteiger partial charge in [-0.25, -0.2) is 4.79 Å². The smallest absolute Gasteiger partial charge is 0.375 e. The number of rotatable bonds is 2. The zero-order valence-electron chi connectivity index (χ0n) is 4.51. The Kier molecular flexibility index (Phi) is 2.79. The minimum atomic E-state index is -0.882. The number of ether oxygens (including phenoxy) is 1. The Morgan fingerprint density at radius 2 is 2.12 bits per heavy atom. The number of carbonyl (C=O) groups excluding carboxylic acids is 2. The third-order valence-electron chi connectivity index (χ3n) is 0.598. The molecule has 0 aliphatic carbocycles. The van der Waals surface area contributed by atoms with Crippen LogP contribution in [0.5, 0.6) is 0 Å². The molecule has 0 aliphatic rings. The highest BCUT2D eigenvalue weighted by atomic mass is 16.5. The van der Waals surface area contributed by atoms with Gasteiger partial charge in [-0.15, -0.1) is 0 Å². The van der Waals surface area contributed by atoms with E-state index in [0.717, 1.165) is 7.11 Å². The molecule has 46 valence electrons. The molecule has 0 fully saturated rings. The molecule has 0 aliphatic heterocycles. The highest BCUT2D eigenvalue weighted by molar-refractivity contribution is 6.34. The van der Waals surface area contributed by atoms with E-state index in [4.69, 9.17) is 5.73 Å². The first-order chi connectivity index (χ1) is 3.72. The van der Waals surface area contributed by atoms with Crippen LogP contribution >= 0.6 is 0 Å². The predicted octanol–water partition coefficient (Wildman–Crippen LogP) is -1.31. The summed E-state index contributed by atoms with van der Waals surface area (Å²) >= 11 is 0. The van der Waals surface area contributed by atoms with Gasteiger partial charge in [0.05, 0.1) is 13.7 Å². The van der Waals surface area contributed by atoms with Crippen molar-refractivity contribution in [1.29, 1.82) is 0 Å². The van der Waals surface area contributed by atoms with E-state index in [1.54, 1.807) is 0 Å². The summed E-state index contributed by atoms with van der Waals surface area (Å²) < 4.78 is 4.03. The van der Waals surface area contributed by atoms with Crippen LogP contribution in [0.25, 0.3) is 0 Å². The maximum atomic E-state index is 10.1. The van der Waals surface area contributed by atoms with Crippen molar-refractivity contribution in [3.8, 4) is 0 Å². The summed E-state index contributed by atoms with van der Waals surface area (Å²) in [6.07, 6.45) is 0. The second-order valence-electron chi connectivity index (χ2n) is 1.12. The monoisotopic (exact) mass is 117 g/mol. The first-order valence-corrected chi connectivity index (χ1v) is 2.03. The van der Waals surface area contributed by atoms with Crippen LogP contribution in [-0.4, -0.2) is 25.4 Å². The van der Waals surface area contributed by atoms with Crippen LogP contribution in [0.4, 0.5) is 0 Å². The molecule has 0 bridgehead atoms. The highest BCUT2D eigenvalue weighted by Gasteiger charge is 2.09. The van der Waals surface area contributed by atoms with E-state index in [2.05, 4.69) is 4.74 Å². The molecule has 0 aromatic rings. The van der Waals surface area contributed by atoms with Crippen LogP contribution in [-0.2, 0) is 14.3 Å². The number of esters is 1. The average molecular weight is 117 g/mol. The minimum absolute atomic E-state index is 0.285. The SMILES string of the molecule is COC(=O)C(=O)CN. The number of carbonyl (C=O) groups is 2. The van der Waals surface area contributed by atoms with Crippen molar-refractivity contribution in [2.45, 2.75) is 0 Å². The summed E-state index contributed by atoms with van der Waals surface area (Å²) in [4.78, 5) is 20.2. The number of hydrogen-bond donors (Lipinski definition) is 1. The van der Waals surface area contributed by atoms with Crippen LogP contribution in [0.15, 0.2) is 0 Å². The first-order valence-electron chi connectivity index (χ1n) is 2.03. The molecule has 0 unspecified atom stereocenters. The third-order valence-corrected chi connectivity index (χ3v) is 0.598. The van der Waals surface area contributed by atoms with Gasteiger partial charge in [0.2, 0.25) is 0 Å². The molecule has 8 heavy (non-hydrogen) atoms. The van der Waals surface area contributed by atoms with E-state index >= 15 is 0 Å². The lowest BCUT2D eigenvalue weighted by molar-refractivity contribution is -0.150. The molecule has 0 spiro atoms. The summed E-state index contributed by atoms with van der Waals surface area (Å²) in [6, 6.07) is 0. The Morgan fingerprint density at radius 3 is 2.25 bits per heavy atom. The molecule has 0 heterocycles. The Bertz CT molecular complexity index is 95.9. The molecule has 0 aromatic heterocycles. The van der Waals surface area contributed by atoms with Crippen molar-refractivity contribution < 1.29 is 14.3 Å². The van der Waals surface area contributed by atoms with Crippen molar-refractivity contribution in [2.24, 2.45) is 5.73 Å². The summed E-state index contributed by atoms with van der Waals surface area (Å²) in [5.41, 5.74) is 4.80. The number of methoxy groups -OCH3 is 1. The van der Waals surface area contributed by atoms with Crippen molar-refractivity contribution >= 4 is 11.8 Å². The molecule has 0 saturated carbocycles. The van der Waals surface area contributed by atoms with Crippen LogP contribution < -0.4 is 5.73 Å². The van der Waals surface area contributed by atoms with Crippen LogP contribution in [0.2, 0.25) is 0 Å². The van der Waals surface area contributed by atoms with E-state index < -0.39 is 11.8 Å². The van der Waals surface area contributed by atoms with Gasteiger partial charge in [0.25, 0.3) is 5.78 Å². The molecule has 0 radical (unpaired) electrons. The lowest BCUT2D eigenvalue weighted by Gasteiger charge is -1.90. The molecule has 0 aromatic carbocycles. The molecule has 0 saturated heterocycles. The molecule has 0 rings (SSSR count). The van der Waals surface area contributed by atoms with Crippen molar-refractivity contribution in [2.75, 3.05) is 13.7 Å². The summed E-state index contributed by atoms with van der Waals surface area (Å²) in [7, 11) is 1.13. The standard InChI is InChI=1S/C4H7NO3/c1-8-4(7)3(6)2-5/h2,5H2,1H3. The van der Waals surface area contributed by atoms with Gasteiger partial charge in [-0.1, -0.05) is 0 Å². The molecule has 0 atom stereocenters. The number of Topliss-reactive ketones (excluding diaryl/α,β-unsaturated/α-hetero) is 1. The third kappa shape index (κ3) is 1.70. The maximum absolute atomic E-state index is 10.1. The Labute approximate surface area is 46.6 Å². The summed E-state index contributed by atoms with van der Waals surface area (Å²) in [5, 5.41) is 0. The Balaban J connectivity index is 3.64. The summed E-state index contributed by atoms with van der Waals surface area (Å²) in [5.74, 6) is -1.58. The fourth-order valence-corrected chi connectivity index (χ4v) is 0.197. The van der Waals surface area contributed by atoms with E-state index in [1.165, 1.54) is 0 Å². The van der Waals surface area contributed by atoms with E-state index in [0.29, 0.717) is 0 Å². The number of nitrogens with two attached hydrogens (primary N) is 1. The maximum Gasteiger partial charge on any atom is 0.375 e. The van der Waals surface area contributed by atoms with Crippen LogP contribution in [0.1, 0.15) is 0 Å². The van der Waals surface area contributed by atoms with Crippen LogP contribution in [0.3, 0.4) is 0 Å². The van der Waals surface area contributed by atoms with Crippen molar-refractivity contribution in [1.82, 2.24) is 0 Å². The minimum Gasteiger partial charge on any atom is -0.463 e. The van der Waals surface area contributed by atoms with Gasteiger partial charge in [0, 0.05) is 0 Å². The molecule has 4 heteroatoms. The van der Waals surface area contributed by atoms with Gasteiger partial charge < -0.3 is 10.5 Å². The van der Waals surface area contributed by atoms with Gasteiger partial charge in [-0.3, -0.25) is 4.79 Å². The zero-order chi connectivity index (χ0) is 6.57.